The number of pyridine rings is 1. The first-order chi connectivity index (χ1) is 11.0. The van der Waals surface area contributed by atoms with E-state index in [0.717, 1.165) is 31.4 Å². The summed E-state index contributed by atoms with van der Waals surface area (Å²) in [4.78, 5) is 17.3. The summed E-state index contributed by atoms with van der Waals surface area (Å²) in [6.07, 6.45) is 3.78. The van der Waals surface area contributed by atoms with Crippen molar-refractivity contribution in [3.05, 3.63) is 23.0 Å². The molecule has 2 aromatic rings. The molecule has 1 aliphatic rings. The van der Waals surface area contributed by atoms with Gasteiger partial charge in [0.25, 0.3) is 11.6 Å². The zero-order valence-electron chi connectivity index (χ0n) is 14.3. The van der Waals surface area contributed by atoms with Crippen LogP contribution in [0.1, 0.15) is 67.2 Å². The van der Waals surface area contributed by atoms with Gasteiger partial charge >= 0.3 is 0 Å². The van der Waals surface area contributed by atoms with Crippen LogP contribution in [-0.2, 0) is 0 Å². The van der Waals surface area contributed by atoms with Crippen LogP contribution in [0.4, 0.5) is 0 Å². The molecule has 2 heterocycles. The van der Waals surface area contributed by atoms with Gasteiger partial charge in [0.2, 0.25) is 0 Å². The number of aryl methyl sites for hydroxylation is 1. The van der Waals surface area contributed by atoms with E-state index < -0.39 is 0 Å². The molecule has 7 heteroatoms. The van der Waals surface area contributed by atoms with Gasteiger partial charge in [-0.1, -0.05) is 19.0 Å². The van der Waals surface area contributed by atoms with Crippen molar-refractivity contribution in [2.75, 3.05) is 0 Å². The maximum Gasteiger partial charge on any atom is 0.259 e. The van der Waals surface area contributed by atoms with Crippen LogP contribution in [0.5, 0.6) is 0 Å². The number of amides is 1. The quantitative estimate of drug-likeness (QED) is 0.885. The molecular formula is C17H25ClN4O2. The van der Waals surface area contributed by atoms with E-state index in [1.807, 2.05) is 26.8 Å². The number of halogens is 1. The van der Waals surface area contributed by atoms with Gasteiger partial charge in [0, 0.05) is 17.8 Å². The molecular weight excluding hydrogens is 328 g/mol. The Morgan fingerprint density at radius 1 is 1.33 bits per heavy atom. The normalized spacial score (nSPS) is 20.9. The molecule has 132 valence electrons. The van der Waals surface area contributed by atoms with Crippen LogP contribution in [0.25, 0.3) is 11.1 Å². The van der Waals surface area contributed by atoms with E-state index >= 15 is 0 Å². The highest BCUT2D eigenvalue weighted by Crippen LogP contribution is 2.26. The number of hydrogen-bond acceptors (Lipinski definition) is 5. The summed E-state index contributed by atoms with van der Waals surface area (Å²) >= 11 is 0. The predicted octanol–water partition coefficient (Wildman–Crippen LogP) is 3.08. The lowest BCUT2D eigenvalue weighted by molar-refractivity contribution is 0.0927. The molecule has 3 N–H and O–H groups in total. The van der Waals surface area contributed by atoms with Crippen LogP contribution in [0.3, 0.4) is 0 Å². The van der Waals surface area contributed by atoms with Crippen molar-refractivity contribution in [1.82, 2.24) is 15.5 Å². The summed E-state index contributed by atoms with van der Waals surface area (Å²) in [5.74, 6) is 0.134. The van der Waals surface area contributed by atoms with Crippen LogP contribution in [-0.4, -0.2) is 28.1 Å². The summed E-state index contributed by atoms with van der Waals surface area (Å²) in [5, 5.41) is 7.81. The van der Waals surface area contributed by atoms with Crippen molar-refractivity contribution in [2.24, 2.45) is 5.73 Å². The summed E-state index contributed by atoms with van der Waals surface area (Å²) in [7, 11) is 0. The number of carbonyl (C=O) groups excluding carboxylic acids is 1. The Morgan fingerprint density at radius 2 is 2.00 bits per heavy atom. The highest BCUT2D eigenvalue weighted by atomic mass is 35.5. The van der Waals surface area contributed by atoms with Crippen molar-refractivity contribution < 1.29 is 9.32 Å². The minimum Gasteiger partial charge on any atom is -0.349 e. The number of nitrogens with zero attached hydrogens (tertiary/aromatic N) is 2. The van der Waals surface area contributed by atoms with E-state index in [4.69, 9.17) is 10.3 Å². The van der Waals surface area contributed by atoms with E-state index in [1.165, 1.54) is 0 Å². The number of fused-ring (bicyclic) bond motifs is 1. The van der Waals surface area contributed by atoms with Gasteiger partial charge in [-0.3, -0.25) is 4.79 Å². The van der Waals surface area contributed by atoms with Gasteiger partial charge in [0.15, 0.2) is 0 Å². The zero-order valence-corrected chi connectivity index (χ0v) is 15.2. The molecule has 1 aliphatic carbocycles. The lowest BCUT2D eigenvalue weighted by atomic mass is 9.91. The second-order valence-corrected chi connectivity index (χ2v) is 6.78. The summed E-state index contributed by atoms with van der Waals surface area (Å²) in [5.41, 5.74) is 8.50. The first-order valence-electron chi connectivity index (χ1n) is 8.29. The highest BCUT2D eigenvalue weighted by molar-refractivity contribution is 6.06. The Kier molecular flexibility index (Phi) is 5.83. The lowest BCUT2D eigenvalue weighted by Gasteiger charge is -2.27. The Morgan fingerprint density at radius 3 is 2.62 bits per heavy atom. The number of aromatic nitrogens is 2. The van der Waals surface area contributed by atoms with E-state index in [1.54, 1.807) is 0 Å². The lowest BCUT2D eigenvalue weighted by Crippen LogP contribution is -2.40. The Hall–Kier alpha value is -1.66. The highest BCUT2D eigenvalue weighted by Gasteiger charge is 2.24. The molecule has 0 unspecified atom stereocenters. The fraction of sp³-hybridized carbons (Fsp3) is 0.588. The fourth-order valence-corrected chi connectivity index (χ4v) is 3.12. The molecule has 0 spiro atoms. The molecule has 3 rings (SSSR count). The van der Waals surface area contributed by atoms with Gasteiger partial charge in [0.05, 0.1) is 16.6 Å². The van der Waals surface area contributed by atoms with Gasteiger partial charge in [-0.2, -0.15) is 0 Å². The number of rotatable bonds is 3. The Bertz CT molecular complexity index is 721. The third-order valence-corrected chi connectivity index (χ3v) is 4.58. The molecule has 0 aliphatic heterocycles. The van der Waals surface area contributed by atoms with E-state index in [2.05, 4.69) is 15.5 Å². The van der Waals surface area contributed by atoms with Crippen molar-refractivity contribution >= 4 is 29.4 Å². The summed E-state index contributed by atoms with van der Waals surface area (Å²) in [6.45, 7) is 5.92. The van der Waals surface area contributed by atoms with Crippen molar-refractivity contribution in [3.63, 3.8) is 0 Å². The summed E-state index contributed by atoms with van der Waals surface area (Å²) in [6, 6.07) is 2.32. The van der Waals surface area contributed by atoms with E-state index in [0.29, 0.717) is 22.4 Å². The molecule has 1 fully saturated rings. The number of carbonyl (C=O) groups is 1. The predicted molar refractivity (Wildman–Crippen MR) is 95.6 cm³/mol. The number of nitrogens with two attached hydrogens (primary N) is 1. The van der Waals surface area contributed by atoms with Crippen LogP contribution < -0.4 is 11.1 Å². The van der Waals surface area contributed by atoms with E-state index in [9.17, 15) is 4.79 Å². The van der Waals surface area contributed by atoms with E-state index in [-0.39, 0.29) is 36.3 Å². The molecule has 6 nitrogen and oxygen atoms in total. The monoisotopic (exact) mass is 352 g/mol. The molecule has 1 saturated carbocycles. The molecule has 1 amide bonds. The standard InChI is InChI=1S/C17H24N4O2.ClH/c1-9(2)14-8-13(15-10(3)21-23-17(15)20-14)16(22)19-12-6-4-11(18)5-7-12;/h8-9,11-12H,4-7,18H2,1-3H3,(H,19,22);1H. The van der Waals surface area contributed by atoms with Crippen molar-refractivity contribution in [3.8, 4) is 0 Å². The maximum absolute atomic E-state index is 12.8. The largest absolute Gasteiger partial charge is 0.349 e. The molecule has 0 atom stereocenters. The van der Waals surface area contributed by atoms with Crippen LogP contribution >= 0.6 is 12.4 Å². The minimum atomic E-state index is -0.0777. The number of nitrogens with one attached hydrogen (secondary N) is 1. The first-order valence-corrected chi connectivity index (χ1v) is 8.29. The zero-order chi connectivity index (χ0) is 16.6. The molecule has 0 saturated heterocycles. The Labute approximate surface area is 148 Å². The van der Waals surface area contributed by atoms with Crippen LogP contribution in [0.15, 0.2) is 10.6 Å². The van der Waals surface area contributed by atoms with Gasteiger partial charge < -0.3 is 15.6 Å². The average Bonchev–Trinajstić information content (AvgIpc) is 2.90. The third kappa shape index (κ3) is 3.70. The molecule has 24 heavy (non-hydrogen) atoms. The van der Waals surface area contributed by atoms with Crippen LogP contribution in [0.2, 0.25) is 0 Å². The fourth-order valence-electron chi connectivity index (χ4n) is 3.12. The second kappa shape index (κ2) is 7.49. The molecule has 0 aromatic carbocycles. The third-order valence-electron chi connectivity index (χ3n) is 4.58. The molecule has 0 radical (unpaired) electrons. The molecule has 0 bridgehead atoms. The minimum absolute atomic E-state index is 0. The average molecular weight is 353 g/mol. The molecule has 2 aromatic heterocycles. The first kappa shape index (κ1) is 18.7. The van der Waals surface area contributed by atoms with Gasteiger partial charge in [-0.05, 0) is 44.6 Å². The van der Waals surface area contributed by atoms with Crippen molar-refractivity contribution in [2.45, 2.75) is 64.5 Å². The Balaban J connectivity index is 0.00000208. The van der Waals surface area contributed by atoms with Gasteiger partial charge in [0.1, 0.15) is 0 Å². The number of hydrogen-bond donors (Lipinski definition) is 2. The summed E-state index contributed by atoms with van der Waals surface area (Å²) < 4.78 is 5.28. The van der Waals surface area contributed by atoms with Gasteiger partial charge in [-0.15, -0.1) is 12.4 Å². The smallest absolute Gasteiger partial charge is 0.259 e. The van der Waals surface area contributed by atoms with Crippen molar-refractivity contribution in [1.29, 1.82) is 0 Å². The van der Waals surface area contributed by atoms with Gasteiger partial charge in [-0.25, -0.2) is 4.98 Å². The SMILES string of the molecule is Cc1noc2nc(C(C)C)cc(C(=O)NC3CCC(N)CC3)c12.Cl. The maximum atomic E-state index is 12.8. The van der Waals surface area contributed by atoms with Crippen LogP contribution in [0, 0.1) is 6.92 Å². The second-order valence-electron chi connectivity index (χ2n) is 6.78. The topological polar surface area (TPSA) is 94.0 Å².